The molecule has 0 radical (unpaired) electrons. The van der Waals surface area contributed by atoms with Gasteiger partial charge in [0, 0.05) is 0 Å². The highest BCUT2D eigenvalue weighted by Crippen LogP contribution is 2.31. The number of hydrogen-bond acceptors (Lipinski definition) is 4. The van der Waals surface area contributed by atoms with Crippen molar-refractivity contribution in [2.24, 2.45) is 10.2 Å². The van der Waals surface area contributed by atoms with Crippen molar-refractivity contribution in [3.63, 3.8) is 0 Å². The molecule has 13 heavy (non-hydrogen) atoms. The summed E-state index contributed by atoms with van der Waals surface area (Å²) in [7, 11) is -4.17. The van der Waals surface area contributed by atoms with E-state index in [0.29, 0.717) is 11.4 Å². The lowest BCUT2D eigenvalue weighted by Crippen LogP contribution is -1.96. The summed E-state index contributed by atoms with van der Waals surface area (Å²) in [4.78, 5) is 3.14. The molecule has 0 atom stereocenters. The molecule has 0 amide bonds. The second-order valence-electron chi connectivity index (χ2n) is 2.42. The first-order chi connectivity index (χ1) is 6.07. The van der Waals surface area contributed by atoms with Gasteiger partial charge in [-0.25, -0.2) is 0 Å². The molecular formula is C6H4N3O3S+. The molecule has 1 aromatic rings. The van der Waals surface area contributed by atoms with E-state index in [0.717, 1.165) is 0 Å². The van der Waals surface area contributed by atoms with Crippen molar-refractivity contribution in [2.75, 3.05) is 0 Å². The van der Waals surface area contributed by atoms with E-state index in [1.54, 1.807) is 0 Å². The fourth-order valence-corrected chi connectivity index (χ4v) is 1.45. The fourth-order valence-electron chi connectivity index (χ4n) is 0.947. The van der Waals surface area contributed by atoms with Crippen molar-refractivity contribution in [1.29, 1.82) is 0 Å². The molecule has 6 nitrogen and oxygen atoms in total. The maximum atomic E-state index is 10.7. The lowest BCUT2D eigenvalue weighted by Gasteiger charge is -1.94. The van der Waals surface area contributed by atoms with Gasteiger partial charge in [-0.3, -0.25) is 4.55 Å². The largest absolute Gasteiger partial charge is 0.294 e. The van der Waals surface area contributed by atoms with E-state index in [2.05, 4.69) is 15.1 Å². The van der Waals surface area contributed by atoms with Gasteiger partial charge in [-0.05, 0) is 18.2 Å². The van der Waals surface area contributed by atoms with Gasteiger partial charge >= 0.3 is 0 Å². The van der Waals surface area contributed by atoms with Crippen LogP contribution in [0, 0.1) is 0 Å². The molecule has 0 unspecified atom stereocenters. The highest BCUT2D eigenvalue weighted by molar-refractivity contribution is 7.85. The van der Waals surface area contributed by atoms with E-state index in [4.69, 9.17) is 4.55 Å². The van der Waals surface area contributed by atoms with Crippen molar-refractivity contribution in [2.45, 2.75) is 4.90 Å². The first-order valence-electron chi connectivity index (χ1n) is 3.31. The number of rotatable bonds is 1. The summed E-state index contributed by atoms with van der Waals surface area (Å²) >= 11 is 0. The molecule has 1 aliphatic heterocycles. The lowest BCUT2D eigenvalue weighted by molar-refractivity contribution is 0.483. The SMILES string of the molecule is O=S(=O)(O)c1ccc2c(c1)N=[N+]=N2. The second-order valence-corrected chi connectivity index (χ2v) is 3.84. The normalized spacial score (nSPS) is 13.3. The van der Waals surface area contributed by atoms with Crippen LogP contribution in [0.3, 0.4) is 0 Å². The van der Waals surface area contributed by atoms with Crippen molar-refractivity contribution in [3.05, 3.63) is 18.2 Å². The van der Waals surface area contributed by atoms with E-state index in [1.807, 2.05) is 0 Å². The predicted molar refractivity (Wildman–Crippen MR) is 42.6 cm³/mol. The Morgan fingerprint density at radius 1 is 1.23 bits per heavy atom. The van der Waals surface area contributed by atoms with Crippen LogP contribution in [0.4, 0.5) is 11.4 Å². The van der Waals surface area contributed by atoms with Crippen LogP contribution in [0.15, 0.2) is 33.3 Å². The van der Waals surface area contributed by atoms with Gasteiger partial charge in [-0.1, -0.05) is 0 Å². The maximum Gasteiger partial charge on any atom is 0.294 e. The van der Waals surface area contributed by atoms with Crippen LogP contribution in [-0.4, -0.2) is 13.0 Å². The zero-order valence-electron chi connectivity index (χ0n) is 6.25. The van der Waals surface area contributed by atoms with Gasteiger partial charge < -0.3 is 0 Å². The first-order valence-corrected chi connectivity index (χ1v) is 4.75. The molecule has 0 saturated heterocycles. The van der Waals surface area contributed by atoms with Crippen molar-refractivity contribution in [1.82, 2.24) is 4.91 Å². The molecule has 1 N–H and O–H groups in total. The molecule has 0 bridgehead atoms. The highest BCUT2D eigenvalue weighted by atomic mass is 32.2. The average Bonchev–Trinajstić information content (AvgIpc) is 2.47. The number of hydrogen-bond donors (Lipinski definition) is 1. The third kappa shape index (κ3) is 1.35. The van der Waals surface area contributed by atoms with Crippen molar-refractivity contribution in [3.8, 4) is 0 Å². The molecule has 0 spiro atoms. The molecule has 0 aliphatic carbocycles. The van der Waals surface area contributed by atoms with E-state index in [-0.39, 0.29) is 4.90 Å². The van der Waals surface area contributed by atoms with Crippen LogP contribution < -0.4 is 4.91 Å². The van der Waals surface area contributed by atoms with Crippen molar-refractivity contribution >= 4 is 21.5 Å². The minimum atomic E-state index is -4.17. The van der Waals surface area contributed by atoms with Crippen LogP contribution in [0.1, 0.15) is 0 Å². The smallest absolute Gasteiger partial charge is 0.282 e. The van der Waals surface area contributed by atoms with Gasteiger partial charge in [0.25, 0.3) is 10.1 Å². The zero-order chi connectivity index (χ0) is 9.47. The van der Waals surface area contributed by atoms with Gasteiger partial charge in [0.05, 0.1) is 4.90 Å². The number of benzene rings is 1. The van der Waals surface area contributed by atoms with Crippen LogP contribution in [0.25, 0.3) is 0 Å². The van der Waals surface area contributed by atoms with E-state index < -0.39 is 10.1 Å². The van der Waals surface area contributed by atoms with Gasteiger partial charge in [0.1, 0.15) is 0 Å². The summed E-state index contributed by atoms with van der Waals surface area (Å²) in [6.45, 7) is 0. The Labute approximate surface area is 73.4 Å². The monoisotopic (exact) mass is 198 g/mol. The Bertz CT molecular complexity index is 528. The Hall–Kier alpha value is -1.56. The maximum absolute atomic E-state index is 10.7. The lowest BCUT2D eigenvalue weighted by atomic mass is 10.3. The number of fused-ring (bicyclic) bond motifs is 1. The fraction of sp³-hybridized carbons (Fsp3) is 0. The third-order valence-corrected chi connectivity index (χ3v) is 2.40. The summed E-state index contributed by atoms with van der Waals surface area (Å²) < 4.78 is 30.1. The minimum Gasteiger partial charge on any atom is -0.282 e. The predicted octanol–water partition coefficient (Wildman–Crippen LogP) is 1.18. The second kappa shape index (κ2) is 2.46. The van der Waals surface area contributed by atoms with Gasteiger partial charge in [-0.15, -0.1) is 0 Å². The quantitative estimate of drug-likeness (QED) is 0.550. The molecule has 7 heteroatoms. The molecule has 0 aromatic heterocycles. The third-order valence-electron chi connectivity index (χ3n) is 1.55. The Kier molecular flexibility index (Phi) is 1.53. The Balaban J connectivity index is 2.63. The summed E-state index contributed by atoms with van der Waals surface area (Å²) in [5.41, 5.74) is 0.836. The molecule has 1 heterocycles. The van der Waals surface area contributed by atoms with E-state index in [1.165, 1.54) is 18.2 Å². The average molecular weight is 198 g/mol. The summed E-state index contributed by atoms with van der Waals surface area (Å²) in [6.07, 6.45) is 0. The van der Waals surface area contributed by atoms with Crippen LogP contribution in [-0.2, 0) is 10.1 Å². The molecule has 0 fully saturated rings. The van der Waals surface area contributed by atoms with Crippen LogP contribution in [0.5, 0.6) is 0 Å². The topological polar surface area (TPSA) is 93.2 Å². The van der Waals surface area contributed by atoms with Gasteiger partial charge in [-0.2, -0.15) is 8.42 Å². The van der Waals surface area contributed by atoms with E-state index in [9.17, 15) is 8.42 Å². The van der Waals surface area contributed by atoms with Crippen LogP contribution >= 0.6 is 0 Å². The Morgan fingerprint density at radius 2 is 1.92 bits per heavy atom. The molecule has 0 saturated carbocycles. The molecule has 2 rings (SSSR count). The van der Waals surface area contributed by atoms with Crippen LogP contribution in [0.2, 0.25) is 0 Å². The molecule has 1 aromatic carbocycles. The summed E-state index contributed by atoms with van der Waals surface area (Å²) in [5, 5.41) is 7.16. The van der Waals surface area contributed by atoms with Crippen molar-refractivity contribution < 1.29 is 13.0 Å². The summed E-state index contributed by atoms with van der Waals surface area (Å²) in [6, 6.07) is 3.89. The number of nitrogens with zero attached hydrogens (tertiary/aromatic N) is 3. The minimum absolute atomic E-state index is 0.206. The van der Waals surface area contributed by atoms with Gasteiger partial charge in [0.2, 0.25) is 4.91 Å². The first kappa shape index (κ1) is 8.06. The molecule has 66 valence electrons. The highest BCUT2D eigenvalue weighted by Gasteiger charge is 2.19. The Morgan fingerprint density at radius 3 is 2.62 bits per heavy atom. The van der Waals surface area contributed by atoms with Gasteiger partial charge in [0.15, 0.2) is 21.6 Å². The standard InChI is InChI=1S/C6H3N3O3S/c10-13(11,12)4-1-2-5-6(3-4)8-9-7-5/h1-3H/p+1. The zero-order valence-corrected chi connectivity index (χ0v) is 7.06. The molecule has 1 aliphatic rings. The molecular weight excluding hydrogens is 194 g/mol. The summed E-state index contributed by atoms with van der Waals surface area (Å²) in [5.74, 6) is 0. The van der Waals surface area contributed by atoms with E-state index >= 15 is 0 Å².